The van der Waals surface area contributed by atoms with Crippen molar-refractivity contribution in [3.8, 4) is 0 Å². The van der Waals surface area contributed by atoms with Crippen LogP contribution in [-0.4, -0.2) is 34.3 Å². The van der Waals surface area contributed by atoms with Crippen LogP contribution >= 0.6 is 11.6 Å². The molecule has 0 heterocycles. The summed E-state index contributed by atoms with van der Waals surface area (Å²) in [6.07, 6.45) is 0.627. The van der Waals surface area contributed by atoms with Crippen LogP contribution in [0.15, 0.2) is 24.3 Å². The van der Waals surface area contributed by atoms with E-state index < -0.39 is 10.8 Å². The van der Waals surface area contributed by atoms with Gasteiger partial charge in [0, 0.05) is 34.2 Å². The Morgan fingerprint density at radius 2 is 2.17 bits per heavy atom. The van der Waals surface area contributed by atoms with E-state index in [2.05, 4.69) is 5.32 Å². The van der Waals surface area contributed by atoms with E-state index in [1.54, 1.807) is 0 Å². The zero-order valence-corrected chi connectivity index (χ0v) is 12.1. The molecule has 1 aromatic rings. The number of rotatable bonds is 8. The molecule has 1 rings (SSSR count). The van der Waals surface area contributed by atoms with Gasteiger partial charge in [-0.15, -0.1) is 0 Å². The average molecular weight is 290 g/mol. The summed E-state index contributed by atoms with van der Waals surface area (Å²) in [6, 6.07) is 7.57. The summed E-state index contributed by atoms with van der Waals surface area (Å²) in [5.74, 6) is 1.01. The molecule has 2 N–H and O–H groups in total. The maximum Gasteiger partial charge on any atom is 0.0501 e. The highest BCUT2D eigenvalue weighted by Crippen LogP contribution is 2.17. The lowest BCUT2D eigenvalue weighted by atomic mass is 10.2. The molecule has 0 aliphatic carbocycles. The SMILES string of the molecule is CCNC(CCO)CS(=O)Cc1ccccc1Cl. The third-order valence-electron chi connectivity index (χ3n) is 2.63. The normalized spacial score (nSPS) is 14.4. The van der Waals surface area contributed by atoms with E-state index in [0.29, 0.717) is 22.9 Å². The smallest absolute Gasteiger partial charge is 0.0501 e. The lowest BCUT2D eigenvalue weighted by Crippen LogP contribution is -2.35. The largest absolute Gasteiger partial charge is 0.396 e. The molecule has 2 unspecified atom stereocenters. The number of halogens is 1. The third kappa shape index (κ3) is 5.48. The number of aliphatic hydroxyl groups is 1. The first-order chi connectivity index (χ1) is 8.67. The van der Waals surface area contributed by atoms with Gasteiger partial charge in [0.25, 0.3) is 0 Å². The van der Waals surface area contributed by atoms with Crippen molar-refractivity contribution < 1.29 is 9.32 Å². The van der Waals surface area contributed by atoms with E-state index in [1.807, 2.05) is 31.2 Å². The highest BCUT2D eigenvalue weighted by Gasteiger charge is 2.12. The predicted molar refractivity (Wildman–Crippen MR) is 77.3 cm³/mol. The van der Waals surface area contributed by atoms with E-state index in [9.17, 15) is 4.21 Å². The number of benzene rings is 1. The fraction of sp³-hybridized carbons (Fsp3) is 0.538. The van der Waals surface area contributed by atoms with Gasteiger partial charge in [0.15, 0.2) is 0 Å². The van der Waals surface area contributed by atoms with Crippen LogP contribution in [0, 0.1) is 0 Å². The summed E-state index contributed by atoms with van der Waals surface area (Å²) in [7, 11) is -0.972. The molecular formula is C13H20ClNO2S. The Hall–Kier alpha value is -0.420. The van der Waals surface area contributed by atoms with Gasteiger partial charge >= 0.3 is 0 Å². The van der Waals surface area contributed by atoms with Gasteiger partial charge in [-0.3, -0.25) is 4.21 Å². The van der Waals surface area contributed by atoms with Gasteiger partial charge in [-0.2, -0.15) is 0 Å². The van der Waals surface area contributed by atoms with Crippen LogP contribution in [0.5, 0.6) is 0 Å². The summed E-state index contributed by atoms with van der Waals surface area (Å²) in [6.45, 7) is 2.93. The molecule has 0 fully saturated rings. The fourth-order valence-corrected chi connectivity index (χ4v) is 3.49. The molecule has 0 aliphatic heterocycles. The van der Waals surface area contributed by atoms with Crippen molar-refractivity contribution >= 4 is 22.4 Å². The predicted octanol–water partition coefficient (Wildman–Crippen LogP) is 1.95. The van der Waals surface area contributed by atoms with Gasteiger partial charge in [-0.05, 0) is 24.6 Å². The Bertz CT molecular complexity index is 381. The van der Waals surface area contributed by atoms with Gasteiger partial charge in [-0.25, -0.2) is 0 Å². The van der Waals surface area contributed by atoms with Crippen LogP contribution in [0.4, 0.5) is 0 Å². The molecule has 0 saturated carbocycles. The zero-order valence-electron chi connectivity index (χ0n) is 10.6. The summed E-state index contributed by atoms with van der Waals surface area (Å²) in [4.78, 5) is 0. The van der Waals surface area contributed by atoms with Crippen LogP contribution < -0.4 is 5.32 Å². The number of aliphatic hydroxyl groups excluding tert-OH is 1. The topological polar surface area (TPSA) is 49.3 Å². The van der Waals surface area contributed by atoms with Crippen molar-refractivity contribution in [2.45, 2.75) is 25.1 Å². The molecular weight excluding hydrogens is 270 g/mol. The highest BCUT2D eigenvalue weighted by molar-refractivity contribution is 7.84. The van der Waals surface area contributed by atoms with E-state index >= 15 is 0 Å². The Labute approximate surface area is 116 Å². The Balaban J connectivity index is 2.52. The molecule has 0 amide bonds. The average Bonchev–Trinajstić information content (AvgIpc) is 2.33. The van der Waals surface area contributed by atoms with Crippen LogP contribution in [0.2, 0.25) is 5.02 Å². The summed E-state index contributed by atoms with van der Waals surface area (Å²) >= 11 is 6.04. The third-order valence-corrected chi connectivity index (χ3v) is 4.41. The van der Waals surface area contributed by atoms with Crippen molar-refractivity contribution in [1.82, 2.24) is 5.32 Å². The van der Waals surface area contributed by atoms with Gasteiger partial charge < -0.3 is 10.4 Å². The first-order valence-corrected chi connectivity index (χ1v) is 7.96. The van der Waals surface area contributed by atoms with Crippen molar-refractivity contribution in [3.05, 3.63) is 34.9 Å². The minimum atomic E-state index is -0.972. The van der Waals surface area contributed by atoms with E-state index in [0.717, 1.165) is 12.1 Å². The summed E-state index contributed by atoms with van der Waals surface area (Å²) in [5.41, 5.74) is 0.914. The summed E-state index contributed by atoms with van der Waals surface area (Å²) in [5, 5.41) is 12.8. The maximum absolute atomic E-state index is 12.1. The zero-order chi connectivity index (χ0) is 13.4. The minimum Gasteiger partial charge on any atom is -0.396 e. The van der Waals surface area contributed by atoms with Gasteiger partial charge in [0.1, 0.15) is 0 Å². The number of nitrogens with one attached hydrogen (secondary N) is 1. The maximum atomic E-state index is 12.1. The van der Waals surface area contributed by atoms with E-state index in [-0.39, 0.29) is 12.6 Å². The summed E-state index contributed by atoms with van der Waals surface area (Å²) < 4.78 is 12.1. The Kier molecular flexibility index (Phi) is 7.51. The quantitative estimate of drug-likeness (QED) is 0.769. The molecule has 1 aromatic carbocycles. The second kappa shape index (κ2) is 8.64. The molecule has 102 valence electrons. The van der Waals surface area contributed by atoms with Crippen molar-refractivity contribution in [2.24, 2.45) is 0 Å². The molecule has 18 heavy (non-hydrogen) atoms. The van der Waals surface area contributed by atoms with Gasteiger partial charge in [-0.1, -0.05) is 36.7 Å². The number of hydrogen-bond acceptors (Lipinski definition) is 3. The second-order valence-electron chi connectivity index (χ2n) is 4.11. The van der Waals surface area contributed by atoms with Crippen LogP contribution in [0.25, 0.3) is 0 Å². The first kappa shape index (κ1) is 15.6. The molecule has 2 atom stereocenters. The van der Waals surface area contributed by atoms with Crippen molar-refractivity contribution in [1.29, 1.82) is 0 Å². The molecule has 0 spiro atoms. The minimum absolute atomic E-state index is 0.100. The van der Waals surface area contributed by atoms with Crippen molar-refractivity contribution in [2.75, 3.05) is 18.9 Å². The lowest BCUT2D eigenvalue weighted by molar-refractivity contribution is 0.270. The molecule has 3 nitrogen and oxygen atoms in total. The standard InChI is InChI=1S/C13H20ClNO2S/c1-2-15-12(7-8-16)10-18(17)9-11-5-3-4-6-13(11)14/h3-6,12,15-16H,2,7-10H2,1H3. The van der Waals surface area contributed by atoms with Crippen LogP contribution in [0.3, 0.4) is 0 Å². The van der Waals surface area contributed by atoms with Crippen LogP contribution in [0.1, 0.15) is 18.9 Å². The first-order valence-electron chi connectivity index (χ1n) is 6.10. The molecule has 0 bridgehead atoms. The van der Waals surface area contributed by atoms with Gasteiger partial charge in [0.05, 0.1) is 5.75 Å². The van der Waals surface area contributed by atoms with Crippen LogP contribution in [-0.2, 0) is 16.6 Å². The monoisotopic (exact) mass is 289 g/mol. The highest BCUT2D eigenvalue weighted by atomic mass is 35.5. The molecule has 0 saturated heterocycles. The lowest BCUT2D eigenvalue weighted by Gasteiger charge is -2.16. The number of hydrogen-bond donors (Lipinski definition) is 2. The van der Waals surface area contributed by atoms with E-state index in [1.165, 1.54) is 0 Å². The molecule has 0 radical (unpaired) electrons. The fourth-order valence-electron chi connectivity index (χ4n) is 1.76. The molecule has 5 heteroatoms. The Morgan fingerprint density at radius 1 is 1.44 bits per heavy atom. The van der Waals surface area contributed by atoms with Gasteiger partial charge in [0.2, 0.25) is 0 Å². The Morgan fingerprint density at radius 3 is 2.78 bits per heavy atom. The second-order valence-corrected chi connectivity index (χ2v) is 6.02. The molecule has 0 aromatic heterocycles. The van der Waals surface area contributed by atoms with E-state index in [4.69, 9.17) is 16.7 Å². The van der Waals surface area contributed by atoms with Crippen molar-refractivity contribution in [3.63, 3.8) is 0 Å². The molecule has 0 aliphatic rings.